The van der Waals surface area contributed by atoms with Gasteiger partial charge in [-0.15, -0.1) is 0 Å². The first-order valence-electron chi connectivity index (χ1n) is 7.79. The summed E-state index contributed by atoms with van der Waals surface area (Å²) >= 11 is 0. The zero-order chi connectivity index (χ0) is 16.6. The Morgan fingerprint density at radius 1 is 1.22 bits per heavy atom. The molecule has 0 N–H and O–H groups in total. The fraction of sp³-hybridized carbons (Fsp3) is 0.368. The molecule has 2 aromatic rings. The standard InChI is InChI=1S/C19H22N2O2/c1-13-6-5-7-14(10-13)15-8-9-16(20-11-15)21-12-19(2,3)17(23-4)18(21)22/h5-11,17H,12H2,1-4H3. The molecular weight excluding hydrogens is 288 g/mol. The lowest BCUT2D eigenvalue weighted by Gasteiger charge is -2.21. The molecule has 4 nitrogen and oxygen atoms in total. The molecule has 1 amide bonds. The zero-order valence-corrected chi connectivity index (χ0v) is 14.0. The number of methoxy groups -OCH3 is 1. The maximum absolute atomic E-state index is 12.5. The minimum absolute atomic E-state index is 0.0201. The molecule has 1 aliphatic rings. The maximum atomic E-state index is 12.5. The van der Waals surface area contributed by atoms with Crippen LogP contribution in [-0.4, -0.2) is 30.6 Å². The SMILES string of the molecule is COC1C(=O)N(c2ccc(-c3cccc(C)c3)cn2)CC1(C)C. The van der Waals surface area contributed by atoms with Gasteiger partial charge in [0, 0.05) is 30.8 Å². The van der Waals surface area contributed by atoms with Gasteiger partial charge in [0.05, 0.1) is 0 Å². The Morgan fingerprint density at radius 2 is 2.00 bits per heavy atom. The van der Waals surface area contributed by atoms with E-state index in [1.165, 1.54) is 5.56 Å². The van der Waals surface area contributed by atoms with E-state index in [9.17, 15) is 4.79 Å². The largest absolute Gasteiger partial charge is 0.371 e. The summed E-state index contributed by atoms with van der Waals surface area (Å²) in [4.78, 5) is 18.7. The zero-order valence-electron chi connectivity index (χ0n) is 14.0. The van der Waals surface area contributed by atoms with E-state index in [2.05, 4.69) is 30.1 Å². The fourth-order valence-corrected chi connectivity index (χ4v) is 3.20. The molecule has 1 fully saturated rings. The van der Waals surface area contributed by atoms with Crippen molar-refractivity contribution in [2.24, 2.45) is 5.41 Å². The number of ether oxygens (including phenoxy) is 1. The lowest BCUT2D eigenvalue weighted by Crippen LogP contribution is -2.33. The predicted molar refractivity (Wildman–Crippen MR) is 91.3 cm³/mol. The van der Waals surface area contributed by atoms with Gasteiger partial charge >= 0.3 is 0 Å². The summed E-state index contributed by atoms with van der Waals surface area (Å²) in [5.74, 6) is 0.660. The van der Waals surface area contributed by atoms with E-state index in [-0.39, 0.29) is 11.3 Å². The average molecular weight is 310 g/mol. The molecule has 1 aliphatic heterocycles. The molecular formula is C19H22N2O2. The van der Waals surface area contributed by atoms with Gasteiger partial charge in [0.1, 0.15) is 11.9 Å². The highest BCUT2D eigenvalue weighted by atomic mass is 16.5. The molecule has 1 unspecified atom stereocenters. The van der Waals surface area contributed by atoms with Crippen molar-refractivity contribution in [3.05, 3.63) is 48.2 Å². The van der Waals surface area contributed by atoms with Gasteiger partial charge in [-0.2, -0.15) is 0 Å². The Hall–Kier alpha value is -2.20. The highest BCUT2D eigenvalue weighted by molar-refractivity contribution is 5.99. The van der Waals surface area contributed by atoms with Crippen LogP contribution in [0.15, 0.2) is 42.6 Å². The summed E-state index contributed by atoms with van der Waals surface area (Å²) in [6.45, 7) is 6.77. The van der Waals surface area contributed by atoms with Gasteiger partial charge in [-0.1, -0.05) is 43.7 Å². The van der Waals surface area contributed by atoms with Crippen molar-refractivity contribution in [3.63, 3.8) is 0 Å². The number of benzene rings is 1. The second kappa shape index (κ2) is 5.78. The Bertz CT molecular complexity index is 722. The highest BCUT2D eigenvalue weighted by Crippen LogP contribution is 2.35. The molecule has 1 atom stereocenters. The average Bonchev–Trinajstić information content (AvgIpc) is 2.76. The molecule has 0 bridgehead atoms. The van der Waals surface area contributed by atoms with Crippen molar-refractivity contribution in [3.8, 4) is 11.1 Å². The monoisotopic (exact) mass is 310 g/mol. The van der Waals surface area contributed by atoms with Crippen molar-refractivity contribution in [2.45, 2.75) is 26.9 Å². The van der Waals surface area contributed by atoms with Crippen molar-refractivity contribution in [1.29, 1.82) is 0 Å². The van der Waals surface area contributed by atoms with Crippen LogP contribution in [0.5, 0.6) is 0 Å². The number of aromatic nitrogens is 1. The molecule has 0 radical (unpaired) electrons. The highest BCUT2D eigenvalue weighted by Gasteiger charge is 2.47. The van der Waals surface area contributed by atoms with Crippen molar-refractivity contribution in [2.75, 3.05) is 18.6 Å². The number of carbonyl (C=O) groups excluding carboxylic acids is 1. The van der Waals surface area contributed by atoms with Gasteiger partial charge < -0.3 is 4.74 Å². The third kappa shape index (κ3) is 2.86. The van der Waals surface area contributed by atoms with Crippen LogP contribution in [-0.2, 0) is 9.53 Å². The first-order valence-corrected chi connectivity index (χ1v) is 7.79. The minimum atomic E-state index is -0.416. The third-order valence-electron chi connectivity index (χ3n) is 4.38. The molecule has 2 heterocycles. The number of hydrogen-bond acceptors (Lipinski definition) is 3. The Kier molecular flexibility index (Phi) is 3.94. The van der Waals surface area contributed by atoms with Gasteiger partial charge in [0.2, 0.25) is 0 Å². The van der Waals surface area contributed by atoms with Gasteiger partial charge in [0.15, 0.2) is 0 Å². The Labute approximate surface area is 137 Å². The van der Waals surface area contributed by atoms with Crippen LogP contribution in [0.25, 0.3) is 11.1 Å². The third-order valence-corrected chi connectivity index (χ3v) is 4.38. The second-order valence-corrected chi connectivity index (χ2v) is 6.80. The predicted octanol–water partition coefficient (Wildman–Crippen LogP) is 3.44. The lowest BCUT2D eigenvalue weighted by atomic mass is 9.90. The molecule has 1 aromatic heterocycles. The maximum Gasteiger partial charge on any atom is 0.257 e. The van der Waals surface area contributed by atoms with E-state index in [1.54, 1.807) is 12.0 Å². The molecule has 4 heteroatoms. The van der Waals surface area contributed by atoms with Crippen LogP contribution in [0, 0.1) is 12.3 Å². The molecule has 23 heavy (non-hydrogen) atoms. The molecule has 1 saturated heterocycles. The molecule has 0 saturated carbocycles. The summed E-state index contributed by atoms with van der Waals surface area (Å²) in [5.41, 5.74) is 3.17. The summed E-state index contributed by atoms with van der Waals surface area (Å²) in [7, 11) is 1.59. The Balaban J connectivity index is 1.87. The van der Waals surface area contributed by atoms with Crippen LogP contribution >= 0.6 is 0 Å². The van der Waals surface area contributed by atoms with Crippen LogP contribution < -0.4 is 4.90 Å². The number of hydrogen-bond donors (Lipinski definition) is 0. The van der Waals surface area contributed by atoms with Crippen LogP contribution in [0.2, 0.25) is 0 Å². The van der Waals surface area contributed by atoms with E-state index in [0.717, 1.165) is 11.1 Å². The van der Waals surface area contributed by atoms with Gasteiger partial charge in [-0.05, 0) is 24.6 Å². The molecule has 0 spiro atoms. The quantitative estimate of drug-likeness (QED) is 0.872. The molecule has 120 valence electrons. The second-order valence-electron chi connectivity index (χ2n) is 6.80. The number of carbonyl (C=O) groups is 1. The van der Waals surface area contributed by atoms with Crippen molar-refractivity contribution >= 4 is 11.7 Å². The topological polar surface area (TPSA) is 42.4 Å². The minimum Gasteiger partial charge on any atom is -0.371 e. The van der Waals surface area contributed by atoms with Gasteiger partial charge in [0.25, 0.3) is 5.91 Å². The molecule has 1 aromatic carbocycles. The van der Waals surface area contributed by atoms with E-state index in [0.29, 0.717) is 12.4 Å². The van der Waals surface area contributed by atoms with Crippen LogP contribution in [0.4, 0.5) is 5.82 Å². The van der Waals surface area contributed by atoms with Crippen LogP contribution in [0.3, 0.4) is 0 Å². The number of anilines is 1. The normalized spacial score (nSPS) is 20.1. The summed E-state index contributed by atoms with van der Waals surface area (Å²) < 4.78 is 5.38. The van der Waals surface area contributed by atoms with E-state index in [4.69, 9.17) is 4.74 Å². The van der Waals surface area contributed by atoms with Crippen molar-refractivity contribution in [1.82, 2.24) is 4.98 Å². The number of rotatable bonds is 3. The summed E-state index contributed by atoms with van der Waals surface area (Å²) in [6.07, 6.45) is 1.41. The fourth-order valence-electron chi connectivity index (χ4n) is 3.20. The van der Waals surface area contributed by atoms with E-state index < -0.39 is 6.10 Å². The van der Waals surface area contributed by atoms with Gasteiger partial charge in [-0.25, -0.2) is 4.98 Å². The van der Waals surface area contributed by atoms with E-state index >= 15 is 0 Å². The van der Waals surface area contributed by atoms with Crippen molar-refractivity contribution < 1.29 is 9.53 Å². The Morgan fingerprint density at radius 3 is 2.57 bits per heavy atom. The molecule has 0 aliphatic carbocycles. The van der Waals surface area contributed by atoms with E-state index in [1.807, 2.05) is 38.2 Å². The van der Waals surface area contributed by atoms with Crippen LogP contribution in [0.1, 0.15) is 19.4 Å². The lowest BCUT2D eigenvalue weighted by molar-refractivity contribution is -0.128. The smallest absolute Gasteiger partial charge is 0.257 e. The number of amides is 1. The first kappa shape index (κ1) is 15.7. The van der Waals surface area contributed by atoms with Gasteiger partial charge in [-0.3, -0.25) is 9.69 Å². The number of aryl methyl sites for hydroxylation is 1. The summed E-state index contributed by atoms with van der Waals surface area (Å²) in [5, 5.41) is 0. The number of nitrogens with zero attached hydrogens (tertiary/aromatic N) is 2. The number of pyridine rings is 1. The molecule has 3 rings (SSSR count). The first-order chi connectivity index (χ1) is 10.9. The summed E-state index contributed by atoms with van der Waals surface area (Å²) in [6, 6.07) is 12.2.